The first-order chi connectivity index (χ1) is 10.3. The Morgan fingerprint density at radius 1 is 1.09 bits per heavy atom. The first-order valence-corrected chi connectivity index (χ1v) is 9.54. The van der Waals surface area contributed by atoms with E-state index in [4.69, 9.17) is 0 Å². The van der Waals surface area contributed by atoms with Crippen LogP contribution in [0.25, 0.3) is 0 Å². The van der Waals surface area contributed by atoms with E-state index < -0.39 is 0 Å². The van der Waals surface area contributed by atoms with E-state index in [0.717, 1.165) is 24.2 Å². The Balaban J connectivity index is 5.17. The van der Waals surface area contributed by atoms with E-state index in [2.05, 4.69) is 61.1 Å². The van der Waals surface area contributed by atoms with E-state index in [-0.39, 0.29) is 0 Å². The lowest BCUT2D eigenvalue weighted by Gasteiger charge is -2.34. The molecule has 0 radical (unpaired) electrons. The molecule has 0 N–H and O–H groups in total. The number of allylic oxidation sites excluding steroid dienone is 3. The average molecular weight is 307 g/mol. The Bertz CT molecular complexity index is 315. The fraction of sp³-hybridized carbons (Fsp3) is 0.818. The molecule has 3 unspecified atom stereocenters. The van der Waals surface area contributed by atoms with Crippen LogP contribution in [0.3, 0.4) is 0 Å². The van der Waals surface area contributed by atoms with Crippen molar-refractivity contribution in [3.63, 3.8) is 0 Å². The predicted molar refractivity (Wildman–Crippen MR) is 103 cm³/mol. The van der Waals surface area contributed by atoms with Crippen LogP contribution in [0.15, 0.2) is 24.3 Å². The minimum Gasteiger partial charge on any atom is -0.103 e. The minimum absolute atomic E-state index is 0.403. The van der Waals surface area contributed by atoms with E-state index in [1.54, 1.807) is 0 Å². The lowest BCUT2D eigenvalue weighted by atomic mass is 9.72. The largest absolute Gasteiger partial charge is 0.103 e. The van der Waals surface area contributed by atoms with Crippen molar-refractivity contribution in [3.05, 3.63) is 24.3 Å². The van der Waals surface area contributed by atoms with E-state index >= 15 is 0 Å². The van der Waals surface area contributed by atoms with Crippen LogP contribution >= 0.6 is 0 Å². The highest BCUT2D eigenvalue weighted by atomic mass is 14.3. The molecule has 3 atom stereocenters. The summed E-state index contributed by atoms with van der Waals surface area (Å²) in [7, 11) is 0. The lowest BCUT2D eigenvalue weighted by Crippen LogP contribution is -2.24. The van der Waals surface area contributed by atoms with Gasteiger partial charge in [-0.25, -0.2) is 0 Å². The first-order valence-electron chi connectivity index (χ1n) is 9.54. The Labute approximate surface area is 141 Å². The maximum atomic E-state index is 3.90. The molecule has 0 aromatic heterocycles. The zero-order valence-electron chi connectivity index (χ0n) is 16.5. The zero-order valence-corrected chi connectivity index (χ0v) is 16.5. The molecule has 0 aromatic rings. The molecule has 130 valence electrons. The highest BCUT2D eigenvalue weighted by molar-refractivity contribution is 5.06. The second kappa shape index (κ2) is 11.1. The molecule has 0 heteroatoms. The van der Waals surface area contributed by atoms with Gasteiger partial charge in [0, 0.05) is 0 Å². The molecule has 0 amide bonds. The van der Waals surface area contributed by atoms with Gasteiger partial charge in [-0.3, -0.25) is 0 Å². The Morgan fingerprint density at radius 2 is 1.73 bits per heavy atom. The van der Waals surface area contributed by atoms with Crippen molar-refractivity contribution in [1.82, 2.24) is 0 Å². The summed E-state index contributed by atoms with van der Waals surface area (Å²) in [5.74, 6) is 2.35. The molecule has 0 saturated carbocycles. The topological polar surface area (TPSA) is 0 Å². The molecule has 0 aliphatic carbocycles. The molecule has 0 nitrogen and oxygen atoms in total. The van der Waals surface area contributed by atoms with E-state index in [9.17, 15) is 0 Å². The fourth-order valence-electron chi connectivity index (χ4n) is 3.23. The van der Waals surface area contributed by atoms with Gasteiger partial charge in [-0.1, -0.05) is 85.0 Å². The Morgan fingerprint density at radius 3 is 2.18 bits per heavy atom. The van der Waals surface area contributed by atoms with Crippen molar-refractivity contribution < 1.29 is 0 Å². The average Bonchev–Trinajstić information content (AvgIpc) is 2.41. The van der Waals surface area contributed by atoms with E-state index in [0.29, 0.717) is 5.41 Å². The second-order valence-electron chi connectivity index (χ2n) is 8.36. The zero-order chi connectivity index (χ0) is 17.2. The van der Waals surface area contributed by atoms with Gasteiger partial charge < -0.3 is 0 Å². The number of rotatable bonds is 11. The third kappa shape index (κ3) is 8.81. The number of hydrogen-bond acceptors (Lipinski definition) is 0. The van der Waals surface area contributed by atoms with Gasteiger partial charge in [0.05, 0.1) is 0 Å². The molecule has 0 aliphatic heterocycles. The number of unbranched alkanes of at least 4 members (excludes halogenated alkanes) is 1. The summed E-state index contributed by atoms with van der Waals surface area (Å²) in [5, 5.41) is 0. The van der Waals surface area contributed by atoms with Gasteiger partial charge in [-0.05, 0) is 49.4 Å². The normalized spacial score (nSPS) is 17.1. The van der Waals surface area contributed by atoms with Gasteiger partial charge in [-0.15, -0.1) is 6.58 Å². The molecule has 22 heavy (non-hydrogen) atoms. The quantitative estimate of drug-likeness (QED) is 0.341. The second-order valence-corrected chi connectivity index (χ2v) is 8.36. The lowest BCUT2D eigenvalue weighted by molar-refractivity contribution is 0.192. The van der Waals surface area contributed by atoms with Crippen molar-refractivity contribution in [1.29, 1.82) is 0 Å². The van der Waals surface area contributed by atoms with Crippen LogP contribution in [-0.4, -0.2) is 0 Å². The number of hydrogen-bond donors (Lipinski definition) is 0. The van der Waals surface area contributed by atoms with Gasteiger partial charge >= 0.3 is 0 Å². The summed E-state index contributed by atoms with van der Waals surface area (Å²) in [4.78, 5) is 0. The molecule has 0 bridgehead atoms. The summed E-state index contributed by atoms with van der Waals surface area (Å²) >= 11 is 0. The van der Waals surface area contributed by atoms with Crippen molar-refractivity contribution in [2.24, 2.45) is 23.2 Å². The molecule has 0 aliphatic rings. The SMILES string of the molecule is C=CCC(C)=CC(CC(C)C(C)(C)C)C(CCC)CCCC. The molecule has 0 spiro atoms. The predicted octanol–water partition coefficient (Wildman–Crippen LogP) is 7.80. The van der Waals surface area contributed by atoms with Crippen molar-refractivity contribution >= 4 is 0 Å². The third-order valence-electron chi connectivity index (χ3n) is 5.26. The van der Waals surface area contributed by atoms with Crippen LogP contribution < -0.4 is 0 Å². The molecule has 0 aromatic carbocycles. The van der Waals surface area contributed by atoms with Gasteiger partial charge in [-0.2, -0.15) is 0 Å². The van der Waals surface area contributed by atoms with E-state index in [1.165, 1.54) is 44.1 Å². The van der Waals surface area contributed by atoms with Crippen LogP contribution in [0, 0.1) is 23.2 Å². The molecule has 0 heterocycles. The van der Waals surface area contributed by atoms with Crippen LogP contribution in [0.2, 0.25) is 0 Å². The van der Waals surface area contributed by atoms with Crippen molar-refractivity contribution in [3.8, 4) is 0 Å². The maximum absolute atomic E-state index is 3.90. The molecular weight excluding hydrogens is 264 g/mol. The van der Waals surface area contributed by atoms with Gasteiger partial charge in [0.15, 0.2) is 0 Å². The standard InChI is InChI=1S/C22H42/c1-9-12-15-20(14-11-3)21(16-18(4)13-10-2)17-19(5)22(6,7)8/h10,16,19-21H,2,9,11-15,17H2,1,3-8H3. The minimum atomic E-state index is 0.403. The van der Waals surface area contributed by atoms with Gasteiger partial charge in [0.2, 0.25) is 0 Å². The monoisotopic (exact) mass is 306 g/mol. The smallest absolute Gasteiger partial charge is 0.0144 e. The summed E-state index contributed by atoms with van der Waals surface area (Å²) in [6, 6.07) is 0. The third-order valence-corrected chi connectivity index (χ3v) is 5.26. The molecular formula is C22H42. The fourth-order valence-corrected chi connectivity index (χ4v) is 3.23. The highest BCUT2D eigenvalue weighted by Crippen LogP contribution is 2.37. The Hall–Kier alpha value is -0.520. The van der Waals surface area contributed by atoms with Crippen LogP contribution in [0.5, 0.6) is 0 Å². The van der Waals surface area contributed by atoms with Gasteiger partial charge in [0.25, 0.3) is 0 Å². The summed E-state index contributed by atoms with van der Waals surface area (Å²) in [5.41, 5.74) is 1.90. The molecule has 0 fully saturated rings. The summed E-state index contributed by atoms with van der Waals surface area (Å²) in [6.45, 7) is 20.4. The van der Waals surface area contributed by atoms with Gasteiger partial charge in [0.1, 0.15) is 0 Å². The Kier molecular flexibility index (Phi) is 10.8. The highest BCUT2D eigenvalue weighted by Gasteiger charge is 2.26. The van der Waals surface area contributed by atoms with Crippen molar-refractivity contribution in [2.45, 2.75) is 93.4 Å². The van der Waals surface area contributed by atoms with Crippen LogP contribution in [0.1, 0.15) is 93.4 Å². The first kappa shape index (κ1) is 21.5. The molecule has 0 saturated heterocycles. The van der Waals surface area contributed by atoms with Crippen LogP contribution in [0.4, 0.5) is 0 Å². The van der Waals surface area contributed by atoms with E-state index in [1.807, 2.05) is 6.08 Å². The summed E-state index contributed by atoms with van der Waals surface area (Å²) < 4.78 is 0. The maximum Gasteiger partial charge on any atom is -0.0144 e. The molecule has 0 rings (SSSR count). The summed E-state index contributed by atoms with van der Waals surface area (Å²) in [6.07, 6.45) is 13.7. The van der Waals surface area contributed by atoms with Crippen molar-refractivity contribution in [2.75, 3.05) is 0 Å². The van der Waals surface area contributed by atoms with Crippen LogP contribution in [-0.2, 0) is 0 Å².